The predicted octanol–water partition coefficient (Wildman–Crippen LogP) is 1.65. The molecule has 0 bridgehead atoms. The average molecular weight is 415 g/mol. The van der Waals surface area contributed by atoms with Gasteiger partial charge in [0, 0.05) is 19.3 Å². The van der Waals surface area contributed by atoms with Crippen molar-refractivity contribution < 1.29 is 35.5 Å². The van der Waals surface area contributed by atoms with Crippen LogP contribution >= 0.6 is 0 Å². The first-order chi connectivity index (χ1) is 12.4. The largest absolute Gasteiger partial charge is 0.461 e. The number of carbonyl (C=O) groups is 1. The van der Waals surface area contributed by atoms with Crippen LogP contribution in [0.25, 0.3) is 0 Å². The molecule has 12 heteroatoms. The van der Waals surface area contributed by atoms with Crippen LogP contribution in [0.5, 0.6) is 0 Å². The van der Waals surface area contributed by atoms with Crippen LogP contribution in [0.2, 0.25) is 0 Å². The maximum absolute atomic E-state index is 14.5. The molecule has 2 rings (SSSR count). The molecule has 0 aliphatic carbocycles. The lowest BCUT2D eigenvalue weighted by molar-refractivity contribution is -0.148. The van der Waals surface area contributed by atoms with Gasteiger partial charge in [-0.3, -0.25) is 4.90 Å². The molecule has 0 unspecified atom stereocenters. The van der Waals surface area contributed by atoms with Gasteiger partial charge in [0.2, 0.25) is 10.0 Å². The van der Waals surface area contributed by atoms with E-state index in [0.29, 0.717) is 0 Å². The second-order valence-electron chi connectivity index (χ2n) is 6.27. The summed E-state index contributed by atoms with van der Waals surface area (Å²) >= 11 is 0. The Morgan fingerprint density at radius 3 is 2.44 bits per heavy atom. The Balaban J connectivity index is 2.08. The first kappa shape index (κ1) is 21.6. The minimum atomic E-state index is -4.32. The third kappa shape index (κ3) is 5.42. The zero-order valence-corrected chi connectivity index (χ0v) is 15.7. The molecule has 0 aromatic carbocycles. The summed E-state index contributed by atoms with van der Waals surface area (Å²) in [4.78, 5) is 12.3. The van der Waals surface area contributed by atoms with Crippen LogP contribution in [0.4, 0.5) is 17.6 Å². The van der Waals surface area contributed by atoms with Gasteiger partial charge in [0.05, 0.1) is 13.2 Å². The summed E-state index contributed by atoms with van der Waals surface area (Å²) in [6.07, 6.45) is -3.03. The molecule has 0 spiro atoms. The van der Waals surface area contributed by atoms with Crippen LogP contribution in [-0.4, -0.2) is 62.3 Å². The van der Waals surface area contributed by atoms with E-state index in [1.807, 2.05) is 0 Å². The van der Waals surface area contributed by atoms with E-state index in [4.69, 9.17) is 4.74 Å². The van der Waals surface area contributed by atoms with Crippen molar-refractivity contribution in [3.63, 3.8) is 0 Å². The molecular formula is C15H21F4N3O4S. The van der Waals surface area contributed by atoms with Gasteiger partial charge in [0.1, 0.15) is 4.90 Å². The number of halogens is 4. The lowest BCUT2D eigenvalue weighted by Crippen LogP contribution is -2.47. The number of nitrogens with one attached hydrogen (secondary N) is 1. The number of aryl methyl sites for hydroxylation is 1. The third-order valence-corrected chi connectivity index (χ3v) is 5.67. The minimum Gasteiger partial charge on any atom is -0.461 e. The van der Waals surface area contributed by atoms with E-state index >= 15 is 0 Å². The van der Waals surface area contributed by atoms with E-state index < -0.39 is 51.2 Å². The molecule has 1 N–H and O–H groups in total. The number of likely N-dealkylation sites (tertiary alicyclic amines) is 1. The van der Waals surface area contributed by atoms with Gasteiger partial charge in [-0.05, 0) is 32.9 Å². The summed E-state index contributed by atoms with van der Waals surface area (Å²) in [5, 5.41) is 0. The number of piperidine rings is 1. The number of rotatable bonds is 6. The Kier molecular flexibility index (Phi) is 6.53. The number of nitrogens with zero attached hydrogens (tertiary/aromatic N) is 2. The maximum Gasteiger partial charge on any atom is 0.401 e. The van der Waals surface area contributed by atoms with Crippen molar-refractivity contribution in [2.24, 2.45) is 7.05 Å². The molecule has 27 heavy (non-hydrogen) atoms. The van der Waals surface area contributed by atoms with Crippen LogP contribution in [0.1, 0.15) is 30.3 Å². The van der Waals surface area contributed by atoms with Crippen LogP contribution < -0.4 is 4.72 Å². The van der Waals surface area contributed by atoms with E-state index in [-0.39, 0.29) is 32.5 Å². The molecule has 0 radical (unpaired) electrons. The second kappa shape index (κ2) is 8.15. The fourth-order valence-electron chi connectivity index (χ4n) is 2.93. The number of hydrogen-bond donors (Lipinski definition) is 1. The molecule has 1 aliphatic rings. The summed E-state index contributed by atoms with van der Waals surface area (Å²) in [7, 11) is -2.98. The van der Waals surface area contributed by atoms with Gasteiger partial charge >= 0.3 is 12.1 Å². The zero-order chi connectivity index (χ0) is 20.4. The monoisotopic (exact) mass is 415 g/mol. The van der Waals surface area contributed by atoms with Crippen molar-refractivity contribution in [3.8, 4) is 0 Å². The van der Waals surface area contributed by atoms with Crippen molar-refractivity contribution in [2.75, 3.05) is 26.2 Å². The van der Waals surface area contributed by atoms with Gasteiger partial charge in [-0.1, -0.05) is 0 Å². The van der Waals surface area contributed by atoms with E-state index in [9.17, 15) is 30.8 Å². The first-order valence-corrected chi connectivity index (χ1v) is 9.76. The van der Waals surface area contributed by atoms with E-state index in [1.54, 1.807) is 0 Å². The second-order valence-corrected chi connectivity index (χ2v) is 7.96. The van der Waals surface area contributed by atoms with Gasteiger partial charge in [-0.15, -0.1) is 0 Å². The maximum atomic E-state index is 14.5. The smallest absolute Gasteiger partial charge is 0.401 e. The number of aromatic nitrogens is 1. The fraction of sp³-hybridized carbons (Fsp3) is 0.667. The van der Waals surface area contributed by atoms with Crippen molar-refractivity contribution in [1.82, 2.24) is 14.2 Å². The highest BCUT2D eigenvalue weighted by Crippen LogP contribution is 2.23. The Labute approximate surface area is 154 Å². The van der Waals surface area contributed by atoms with Gasteiger partial charge in [-0.25, -0.2) is 22.3 Å². The van der Waals surface area contributed by atoms with E-state index in [2.05, 4.69) is 4.72 Å². The Bertz CT molecular complexity index is 784. The van der Waals surface area contributed by atoms with Crippen LogP contribution in [0.15, 0.2) is 11.1 Å². The number of carbonyl (C=O) groups excluding carboxylic acids is 1. The molecule has 2 heterocycles. The Morgan fingerprint density at radius 2 is 1.93 bits per heavy atom. The normalized spacial score (nSPS) is 17.3. The third-order valence-electron chi connectivity index (χ3n) is 4.16. The van der Waals surface area contributed by atoms with Gasteiger partial charge in [-0.2, -0.15) is 13.2 Å². The van der Waals surface area contributed by atoms with Crippen molar-refractivity contribution >= 4 is 16.0 Å². The standard InChI is InChI=1S/C15H21F4N3O4S/c1-3-26-14(23)13-12(16)11(8-21(13)2)27(24,25)20-10-4-6-22(7-5-10)9-15(17,18)19/h8,10,20H,3-7,9H2,1-2H3. The lowest BCUT2D eigenvalue weighted by Gasteiger charge is -2.32. The average Bonchev–Trinajstić information content (AvgIpc) is 2.83. The van der Waals surface area contributed by atoms with Crippen LogP contribution in [-0.2, 0) is 21.8 Å². The van der Waals surface area contributed by atoms with E-state index in [1.165, 1.54) is 18.9 Å². The summed E-state index contributed by atoms with van der Waals surface area (Å²) in [5.74, 6) is -2.21. The number of hydrogen-bond acceptors (Lipinski definition) is 5. The molecule has 0 atom stereocenters. The molecule has 1 aromatic rings. The van der Waals surface area contributed by atoms with Crippen molar-refractivity contribution in [1.29, 1.82) is 0 Å². The number of esters is 1. The summed E-state index contributed by atoms with van der Waals surface area (Å²) in [6.45, 7) is 0.613. The summed E-state index contributed by atoms with van der Waals surface area (Å²) < 4.78 is 84.7. The minimum absolute atomic E-state index is 0.000284. The van der Waals surface area contributed by atoms with E-state index in [0.717, 1.165) is 10.8 Å². The first-order valence-electron chi connectivity index (χ1n) is 8.28. The summed E-state index contributed by atoms with van der Waals surface area (Å²) in [6, 6.07) is -0.620. The van der Waals surface area contributed by atoms with Gasteiger partial charge in [0.25, 0.3) is 0 Å². The molecule has 1 aliphatic heterocycles. The molecular weight excluding hydrogens is 394 g/mol. The van der Waals surface area contributed by atoms with Gasteiger partial charge in [0.15, 0.2) is 11.5 Å². The number of alkyl halides is 3. The lowest BCUT2D eigenvalue weighted by atomic mass is 10.1. The molecule has 1 saturated heterocycles. The Hall–Kier alpha value is -1.66. The quantitative estimate of drug-likeness (QED) is 0.565. The van der Waals surface area contributed by atoms with Crippen LogP contribution in [0, 0.1) is 5.82 Å². The molecule has 7 nitrogen and oxygen atoms in total. The molecule has 0 saturated carbocycles. The highest BCUT2D eigenvalue weighted by Gasteiger charge is 2.35. The number of ether oxygens (including phenoxy) is 1. The summed E-state index contributed by atoms with van der Waals surface area (Å²) in [5.41, 5.74) is -0.516. The highest BCUT2D eigenvalue weighted by atomic mass is 32.2. The molecule has 1 aromatic heterocycles. The topological polar surface area (TPSA) is 80.6 Å². The van der Waals surface area contributed by atoms with Crippen molar-refractivity contribution in [2.45, 2.75) is 36.9 Å². The Morgan fingerprint density at radius 1 is 1.33 bits per heavy atom. The van der Waals surface area contributed by atoms with Gasteiger partial charge < -0.3 is 9.30 Å². The van der Waals surface area contributed by atoms with Crippen LogP contribution in [0.3, 0.4) is 0 Å². The molecule has 0 amide bonds. The fourth-order valence-corrected chi connectivity index (χ4v) is 4.37. The molecule has 1 fully saturated rings. The SMILES string of the molecule is CCOC(=O)c1c(F)c(S(=O)(=O)NC2CCN(CC(F)(F)F)CC2)cn1C. The number of sulfonamides is 1. The highest BCUT2D eigenvalue weighted by molar-refractivity contribution is 7.89. The molecule has 154 valence electrons. The zero-order valence-electron chi connectivity index (χ0n) is 14.8. The predicted molar refractivity (Wildman–Crippen MR) is 87.2 cm³/mol. The van der Waals surface area contributed by atoms with Crippen molar-refractivity contribution in [3.05, 3.63) is 17.7 Å².